The molecule has 0 bridgehead atoms. The molecule has 0 spiro atoms. The molecule has 1 fully saturated rings. The molecule has 318 valence electrons. The van der Waals surface area contributed by atoms with Crippen LogP contribution in [0.1, 0.15) is 61.2 Å². The highest BCUT2D eigenvalue weighted by atomic mass is 32.2. The maximum absolute atomic E-state index is 13.5. The first-order valence-corrected chi connectivity index (χ1v) is 20.9. The number of benzene rings is 2. The van der Waals surface area contributed by atoms with Gasteiger partial charge in [0.25, 0.3) is 23.6 Å². The summed E-state index contributed by atoms with van der Waals surface area (Å²) in [7, 11) is 6.52. The molecule has 2 aromatic carbocycles. The lowest BCUT2D eigenvalue weighted by molar-refractivity contribution is -0.116. The van der Waals surface area contributed by atoms with Crippen molar-refractivity contribution in [2.75, 3.05) is 42.5 Å². The molecule has 1 saturated heterocycles. The Balaban J connectivity index is 0.835. The number of ether oxygens (including phenoxy) is 2. The monoisotopic (exact) mass is 856 g/mol. The number of methoxy groups -OCH3 is 1. The van der Waals surface area contributed by atoms with Crippen molar-refractivity contribution in [3.05, 3.63) is 108 Å². The second kappa shape index (κ2) is 17.0. The molecule has 2 aliphatic rings. The number of hydrogen-bond acceptors (Lipinski definition) is 10. The molecular formula is C44H44N10O7S. The van der Waals surface area contributed by atoms with Crippen LogP contribution in [-0.4, -0.2) is 96.5 Å². The van der Waals surface area contributed by atoms with Crippen molar-refractivity contribution in [3.63, 3.8) is 0 Å². The quantitative estimate of drug-likeness (QED) is 0.0685. The fourth-order valence-corrected chi connectivity index (χ4v) is 8.05. The number of aliphatic imine (C=N–C) groups is 1. The van der Waals surface area contributed by atoms with Crippen LogP contribution in [0, 0.1) is 0 Å². The molecule has 2 aliphatic heterocycles. The number of amides is 4. The average molecular weight is 857 g/mol. The van der Waals surface area contributed by atoms with Crippen molar-refractivity contribution in [2.24, 2.45) is 26.1 Å². The molecule has 0 unspecified atom stereocenters. The number of rotatable bonds is 13. The first-order valence-electron chi connectivity index (χ1n) is 19.6. The van der Waals surface area contributed by atoms with Gasteiger partial charge in [-0.2, -0.15) is 0 Å². The van der Waals surface area contributed by atoms with Crippen molar-refractivity contribution in [2.45, 2.75) is 30.2 Å². The number of carbonyl (C=O) groups excluding carboxylic acids is 5. The summed E-state index contributed by atoms with van der Waals surface area (Å²) in [6.07, 6.45) is 11.4. The van der Waals surface area contributed by atoms with Gasteiger partial charge in [0.2, 0.25) is 11.7 Å². The smallest absolute Gasteiger partial charge is 0.291 e. The summed E-state index contributed by atoms with van der Waals surface area (Å²) < 4.78 is 17.8. The van der Waals surface area contributed by atoms with E-state index >= 15 is 0 Å². The number of imidazole rings is 1. The summed E-state index contributed by atoms with van der Waals surface area (Å²) in [4.78, 5) is 78.1. The van der Waals surface area contributed by atoms with Crippen LogP contribution in [-0.2, 0) is 25.9 Å². The molecule has 1 atom stereocenters. The van der Waals surface area contributed by atoms with Crippen LogP contribution in [0.25, 0.3) is 10.9 Å². The third-order valence-electron chi connectivity index (χ3n) is 10.7. The molecular weight excluding hydrogens is 813 g/mol. The lowest BCUT2D eigenvalue weighted by Crippen LogP contribution is -2.35. The summed E-state index contributed by atoms with van der Waals surface area (Å²) in [5.41, 5.74) is 4.08. The standard InChI is InChI=1S/C44H44N10O7S/c1-25-14-29-20-45-32-19-37(36(60-5)18-31(32)43(58)54(29)21-25)61-13-7-8-39(55)48-38-24-52(4)40(49-38)42(57)47-27-16-34(50(2)22-27)41(56)46-28-17-35(51(3)23-28)44(59)53-12-11-26-15-30(62-6)9-10-33(26)53/h9-12,15-20,22-24,29H,1,7-8,13-14,21H2,2-6H3,(H,46,56)(H,47,57)(H,48,55)/t29-/m0/s1. The van der Waals surface area contributed by atoms with Gasteiger partial charge in [-0.3, -0.25) is 33.5 Å². The molecule has 4 aromatic heterocycles. The van der Waals surface area contributed by atoms with Crippen LogP contribution in [0.4, 0.5) is 22.9 Å². The summed E-state index contributed by atoms with van der Waals surface area (Å²) in [5.74, 6) is -0.723. The summed E-state index contributed by atoms with van der Waals surface area (Å²) in [6.45, 7) is 4.68. The van der Waals surface area contributed by atoms with E-state index < -0.39 is 11.8 Å². The molecule has 6 aromatic rings. The maximum Gasteiger partial charge on any atom is 0.291 e. The Labute approximate surface area is 360 Å². The van der Waals surface area contributed by atoms with Crippen molar-refractivity contribution >= 4 is 81.3 Å². The first-order chi connectivity index (χ1) is 29.8. The van der Waals surface area contributed by atoms with Gasteiger partial charge in [0.15, 0.2) is 17.3 Å². The van der Waals surface area contributed by atoms with E-state index in [1.807, 2.05) is 30.5 Å². The van der Waals surface area contributed by atoms with Crippen molar-refractivity contribution in [1.82, 2.24) is 28.2 Å². The normalized spacial score (nSPS) is 14.4. The van der Waals surface area contributed by atoms with Gasteiger partial charge in [-0.15, -0.1) is 11.8 Å². The molecule has 0 saturated carbocycles. The van der Waals surface area contributed by atoms with Gasteiger partial charge < -0.3 is 44.0 Å². The molecule has 62 heavy (non-hydrogen) atoms. The molecule has 17 nitrogen and oxygen atoms in total. The van der Waals surface area contributed by atoms with E-state index in [9.17, 15) is 24.0 Å². The van der Waals surface area contributed by atoms with E-state index in [1.54, 1.807) is 94.5 Å². The van der Waals surface area contributed by atoms with Gasteiger partial charge in [-0.05, 0) is 61.6 Å². The average Bonchev–Trinajstić information content (AvgIpc) is 4.07. The highest BCUT2D eigenvalue weighted by Crippen LogP contribution is 2.38. The molecule has 6 heterocycles. The van der Waals surface area contributed by atoms with E-state index in [1.165, 1.54) is 23.9 Å². The topological polar surface area (TPSA) is 188 Å². The second-order valence-corrected chi connectivity index (χ2v) is 16.0. The fraction of sp³-hybridized carbons (Fsp3) is 0.250. The van der Waals surface area contributed by atoms with Crippen molar-refractivity contribution in [3.8, 4) is 11.5 Å². The lowest BCUT2D eigenvalue weighted by Gasteiger charge is -2.20. The minimum Gasteiger partial charge on any atom is -0.493 e. The van der Waals surface area contributed by atoms with Crippen LogP contribution >= 0.6 is 11.8 Å². The Bertz CT molecular complexity index is 2850. The second-order valence-electron chi connectivity index (χ2n) is 15.1. The molecule has 4 amide bonds. The number of thioether (sulfide) groups is 1. The van der Waals surface area contributed by atoms with Crippen LogP contribution < -0.4 is 25.4 Å². The largest absolute Gasteiger partial charge is 0.493 e. The minimum absolute atomic E-state index is 0.0296. The van der Waals surface area contributed by atoms with E-state index in [4.69, 9.17) is 9.47 Å². The predicted molar refractivity (Wildman–Crippen MR) is 236 cm³/mol. The Morgan fingerprint density at radius 1 is 0.887 bits per heavy atom. The molecule has 0 aliphatic carbocycles. The number of anilines is 3. The van der Waals surface area contributed by atoms with Gasteiger partial charge in [0, 0.05) is 81.5 Å². The molecule has 0 radical (unpaired) electrons. The van der Waals surface area contributed by atoms with Gasteiger partial charge in [-0.1, -0.05) is 12.2 Å². The van der Waals surface area contributed by atoms with E-state index in [0.717, 1.165) is 21.4 Å². The SMILES string of the molecule is C=C1C[C@H]2C=Nc3cc(OCCCC(=O)Nc4cn(C)c(C(=O)Nc5cc(C(=O)Nc6cc(C(=O)n7ccc8cc(SC)ccc87)n(C)c6)n(C)c5)n4)c(OC)cc3C(=O)N2C1. The third-order valence-corrected chi connectivity index (χ3v) is 11.4. The van der Waals surface area contributed by atoms with Crippen molar-refractivity contribution < 1.29 is 33.4 Å². The molecule has 3 N–H and O–H groups in total. The Morgan fingerprint density at radius 2 is 1.63 bits per heavy atom. The number of aromatic nitrogens is 5. The van der Waals surface area contributed by atoms with Crippen molar-refractivity contribution in [1.29, 1.82) is 0 Å². The number of carbonyl (C=O) groups is 5. The fourth-order valence-electron chi connectivity index (χ4n) is 7.60. The van der Waals surface area contributed by atoms with Crippen LogP contribution in [0.5, 0.6) is 11.5 Å². The molecule has 8 rings (SSSR count). The van der Waals surface area contributed by atoms with Crippen LogP contribution in [0.2, 0.25) is 0 Å². The predicted octanol–water partition coefficient (Wildman–Crippen LogP) is 6.26. The summed E-state index contributed by atoms with van der Waals surface area (Å²) in [5, 5.41) is 9.29. The summed E-state index contributed by atoms with van der Waals surface area (Å²) in [6, 6.07) is 14.1. The van der Waals surface area contributed by atoms with E-state index in [-0.39, 0.29) is 54.1 Å². The van der Waals surface area contributed by atoms with Gasteiger partial charge in [0.1, 0.15) is 11.4 Å². The van der Waals surface area contributed by atoms with Gasteiger partial charge in [-0.25, -0.2) is 4.98 Å². The Morgan fingerprint density at radius 3 is 2.39 bits per heavy atom. The Kier molecular flexibility index (Phi) is 11.3. The highest BCUT2D eigenvalue weighted by molar-refractivity contribution is 7.98. The lowest BCUT2D eigenvalue weighted by atomic mass is 10.1. The van der Waals surface area contributed by atoms with Crippen LogP contribution in [0.15, 0.2) is 95.4 Å². The number of fused-ring (bicyclic) bond motifs is 3. The number of hydrogen-bond donors (Lipinski definition) is 3. The van der Waals surface area contributed by atoms with E-state index in [2.05, 4.69) is 32.5 Å². The summed E-state index contributed by atoms with van der Waals surface area (Å²) >= 11 is 1.63. The van der Waals surface area contributed by atoms with Gasteiger partial charge >= 0.3 is 0 Å². The van der Waals surface area contributed by atoms with Gasteiger partial charge in [0.05, 0.1) is 47.9 Å². The van der Waals surface area contributed by atoms with Crippen LogP contribution in [0.3, 0.4) is 0 Å². The zero-order valence-electron chi connectivity index (χ0n) is 34.7. The third kappa shape index (κ3) is 8.23. The number of aryl methyl sites for hydroxylation is 3. The number of nitrogens with zero attached hydrogens (tertiary/aromatic N) is 7. The first kappa shape index (κ1) is 41.4. The molecule has 18 heteroatoms. The zero-order valence-corrected chi connectivity index (χ0v) is 35.5. The Hall–Kier alpha value is -7.34. The number of nitrogens with one attached hydrogen (secondary N) is 3. The highest BCUT2D eigenvalue weighted by Gasteiger charge is 2.34. The minimum atomic E-state index is -0.557. The zero-order chi connectivity index (χ0) is 43.8. The maximum atomic E-state index is 13.5. The van der Waals surface area contributed by atoms with E-state index in [0.29, 0.717) is 59.2 Å².